The number of benzene rings is 2. The van der Waals surface area contributed by atoms with Gasteiger partial charge in [0.05, 0.1) is 25.6 Å². The van der Waals surface area contributed by atoms with Crippen molar-refractivity contribution in [2.75, 3.05) is 31.6 Å². The Kier molecular flexibility index (Phi) is 9.75. The van der Waals surface area contributed by atoms with Crippen molar-refractivity contribution in [1.29, 1.82) is 0 Å². The fourth-order valence-corrected chi connectivity index (χ4v) is 3.96. The molecule has 1 aliphatic rings. The van der Waals surface area contributed by atoms with Gasteiger partial charge in [-0.25, -0.2) is 0 Å². The number of esters is 1. The highest BCUT2D eigenvalue weighted by Crippen LogP contribution is 2.25. The van der Waals surface area contributed by atoms with Gasteiger partial charge in [-0.05, 0) is 55.3 Å². The van der Waals surface area contributed by atoms with E-state index in [1.807, 2.05) is 6.07 Å². The molecule has 2 aromatic rings. The molecule has 2 amide bonds. The van der Waals surface area contributed by atoms with E-state index in [0.717, 1.165) is 19.5 Å². The molecule has 1 unspecified atom stereocenters. The minimum absolute atomic E-state index is 0.115. The fraction of sp³-hybridized carbons (Fsp3) is 0.333. The first-order valence-corrected chi connectivity index (χ1v) is 11.9. The zero-order chi connectivity index (χ0) is 25.2. The molecule has 35 heavy (non-hydrogen) atoms. The molecule has 0 bridgehead atoms. The molecule has 1 atom stereocenters. The van der Waals surface area contributed by atoms with Crippen LogP contribution in [0.25, 0.3) is 0 Å². The van der Waals surface area contributed by atoms with Crippen LogP contribution in [0.4, 0.5) is 5.69 Å². The number of carbonyl (C=O) groups is 3. The number of guanidine groups is 1. The van der Waals surface area contributed by atoms with Gasteiger partial charge in [0, 0.05) is 34.4 Å². The number of nitrogens with one attached hydrogen (secondary N) is 4. The maximum absolute atomic E-state index is 12.6. The maximum atomic E-state index is 12.6. The summed E-state index contributed by atoms with van der Waals surface area (Å²) in [6, 6.07) is 10.9. The lowest BCUT2D eigenvalue weighted by atomic mass is 10.0. The van der Waals surface area contributed by atoms with Crippen molar-refractivity contribution in [1.82, 2.24) is 16.0 Å². The quantitative estimate of drug-likeness (QED) is 0.377. The van der Waals surface area contributed by atoms with E-state index in [1.54, 1.807) is 43.3 Å². The van der Waals surface area contributed by atoms with Gasteiger partial charge in [0.25, 0.3) is 5.91 Å². The first-order chi connectivity index (χ1) is 16.8. The van der Waals surface area contributed by atoms with Gasteiger partial charge >= 0.3 is 5.97 Å². The van der Waals surface area contributed by atoms with Crippen molar-refractivity contribution in [2.24, 2.45) is 4.99 Å². The Morgan fingerprint density at radius 2 is 1.91 bits per heavy atom. The molecule has 0 saturated carbocycles. The van der Waals surface area contributed by atoms with Gasteiger partial charge in [-0.2, -0.15) is 0 Å². The van der Waals surface area contributed by atoms with Crippen LogP contribution in [0.1, 0.15) is 41.7 Å². The molecule has 0 radical (unpaired) electrons. The standard InChI is InChI=1S/C24H27Cl2N5O4/c1-2-35-22(33)13-20(16-9-17(25)12-18(26)10-16)31-21(32)14-29-23(34)15-5-3-6-19(11-15)30-24-27-7-4-8-28-24/h3,5-6,9-12,20H,2,4,7-8,13-14H2,1H3,(H,29,34)(H,31,32)(H2,27,28,30). The summed E-state index contributed by atoms with van der Waals surface area (Å²) < 4.78 is 5.01. The van der Waals surface area contributed by atoms with Gasteiger partial charge in [-0.15, -0.1) is 0 Å². The summed E-state index contributed by atoms with van der Waals surface area (Å²) in [5.74, 6) is -0.741. The van der Waals surface area contributed by atoms with Crippen LogP contribution in [-0.2, 0) is 14.3 Å². The number of hydrogen-bond donors (Lipinski definition) is 4. The zero-order valence-electron chi connectivity index (χ0n) is 19.2. The van der Waals surface area contributed by atoms with Gasteiger partial charge in [0.15, 0.2) is 5.96 Å². The van der Waals surface area contributed by atoms with Crippen molar-refractivity contribution in [3.05, 3.63) is 63.6 Å². The van der Waals surface area contributed by atoms with Crippen molar-refractivity contribution >= 4 is 52.6 Å². The topological polar surface area (TPSA) is 121 Å². The van der Waals surface area contributed by atoms with E-state index < -0.39 is 23.8 Å². The van der Waals surface area contributed by atoms with Crippen molar-refractivity contribution in [3.8, 4) is 0 Å². The average molecular weight is 520 g/mol. The number of amides is 2. The van der Waals surface area contributed by atoms with E-state index in [1.165, 1.54) is 0 Å². The number of halogens is 2. The van der Waals surface area contributed by atoms with E-state index >= 15 is 0 Å². The Bertz CT molecular complexity index is 1090. The monoisotopic (exact) mass is 519 g/mol. The van der Waals surface area contributed by atoms with Crippen LogP contribution in [0.3, 0.4) is 0 Å². The zero-order valence-corrected chi connectivity index (χ0v) is 20.7. The first kappa shape index (κ1) is 26.3. The molecule has 0 fully saturated rings. The summed E-state index contributed by atoms with van der Waals surface area (Å²) in [6.45, 7) is 3.19. The van der Waals surface area contributed by atoms with E-state index in [0.29, 0.717) is 32.8 Å². The van der Waals surface area contributed by atoms with Crippen LogP contribution in [-0.4, -0.2) is 50.0 Å². The van der Waals surface area contributed by atoms with Gasteiger partial charge < -0.3 is 26.0 Å². The lowest BCUT2D eigenvalue weighted by molar-refractivity contribution is -0.143. The number of hydrogen-bond acceptors (Lipinski definition) is 7. The third-order valence-electron chi connectivity index (χ3n) is 4.99. The summed E-state index contributed by atoms with van der Waals surface area (Å²) in [5.41, 5.74) is 1.62. The van der Waals surface area contributed by atoms with E-state index in [2.05, 4.69) is 26.3 Å². The summed E-state index contributed by atoms with van der Waals surface area (Å²) in [6.07, 6.45) is 0.858. The number of anilines is 1. The van der Waals surface area contributed by atoms with Crippen LogP contribution in [0.5, 0.6) is 0 Å². The lowest BCUT2D eigenvalue weighted by Crippen LogP contribution is -2.39. The van der Waals surface area contributed by atoms with Crippen LogP contribution < -0.4 is 21.3 Å². The second kappa shape index (κ2) is 13.0. The van der Waals surface area contributed by atoms with E-state index in [4.69, 9.17) is 27.9 Å². The Morgan fingerprint density at radius 3 is 2.60 bits per heavy atom. The number of nitrogens with zero attached hydrogens (tertiary/aromatic N) is 1. The number of rotatable bonds is 9. The third kappa shape index (κ3) is 8.45. The molecule has 186 valence electrons. The molecule has 11 heteroatoms. The van der Waals surface area contributed by atoms with Crippen LogP contribution in [0.2, 0.25) is 10.0 Å². The van der Waals surface area contributed by atoms with Crippen LogP contribution in [0, 0.1) is 0 Å². The highest BCUT2D eigenvalue weighted by atomic mass is 35.5. The summed E-state index contributed by atoms with van der Waals surface area (Å²) in [5, 5.41) is 12.4. The van der Waals surface area contributed by atoms with Gasteiger partial charge in [0.2, 0.25) is 5.91 Å². The molecule has 0 aliphatic carbocycles. The summed E-state index contributed by atoms with van der Waals surface area (Å²) >= 11 is 12.2. The SMILES string of the molecule is CCOC(=O)CC(NC(=O)CNC(=O)c1cccc(NC2=NCCCN2)c1)c1cc(Cl)cc(Cl)c1. The molecule has 3 rings (SSSR count). The van der Waals surface area contributed by atoms with E-state index in [-0.39, 0.29) is 19.6 Å². The molecule has 9 nitrogen and oxygen atoms in total. The normalized spacial score (nSPS) is 13.6. The van der Waals surface area contributed by atoms with Gasteiger partial charge in [-0.3, -0.25) is 19.4 Å². The highest BCUT2D eigenvalue weighted by Gasteiger charge is 2.21. The number of ether oxygens (including phenoxy) is 1. The second-order valence-electron chi connectivity index (χ2n) is 7.73. The molecule has 0 spiro atoms. The maximum Gasteiger partial charge on any atom is 0.308 e. The molecule has 0 aromatic heterocycles. The Morgan fingerprint density at radius 1 is 1.14 bits per heavy atom. The molecule has 4 N–H and O–H groups in total. The smallest absolute Gasteiger partial charge is 0.308 e. The molecular weight excluding hydrogens is 493 g/mol. The van der Waals surface area contributed by atoms with Crippen LogP contribution >= 0.6 is 23.2 Å². The predicted molar refractivity (Wildman–Crippen MR) is 136 cm³/mol. The summed E-state index contributed by atoms with van der Waals surface area (Å²) in [4.78, 5) is 41.7. The highest BCUT2D eigenvalue weighted by molar-refractivity contribution is 6.34. The summed E-state index contributed by atoms with van der Waals surface area (Å²) in [7, 11) is 0. The minimum atomic E-state index is -0.731. The fourth-order valence-electron chi connectivity index (χ4n) is 3.41. The Balaban J connectivity index is 1.61. The molecule has 0 saturated heterocycles. The van der Waals surface area contributed by atoms with Gasteiger partial charge in [-0.1, -0.05) is 29.3 Å². The third-order valence-corrected chi connectivity index (χ3v) is 5.43. The van der Waals surface area contributed by atoms with Crippen LogP contribution in [0.15, 0.2) is 47.5 Å². The Hall–Kier alpha value is -3.30. The predicted octanol–water partition coefficient (Wildman–Crippen LogP) is 3.30. The van der Waals surface area contributed by atoms with Crippen molar-refractivity contribution in [2.45, 2.75) is 25.8 Å². The van der Waals surface area contributed by atoms with Crippen molar-refractivity contribution < 1.29 is 19.1 Å². The lowest BCUT2D eigenvalue weighted by Gasteiger charge is -2.19. The molecule has 1 heterocycles. The Labute approximate surface area is 213 Å². The number of aliphatic imine (C=N–C) groups is 1. The largest absolute Gasteiger partial charge is 0.466 e. The average Bonchev–Trinajstić information content (AvgIpc) is 2.82. The minimum Gasteiger partial charge on any atom is -0.466 e. The first-order valence-electron chi connectivity index (χ1n) is 11.2. The van der Waals surface area contributed by atoms with Crippen molar-refractivity contribution in [3.63, 3.8) is 0 Å². The van der Waals surface area contributed by atoms with Gasteiger partial charge in [0.1, 0.15) is 0 Å². The molecule has 1 aliphatic heterocycles. The van der Waals surface area contributed by atoms with E-state index in [9.17, 15) is 14.4 Å². The molecule has 2 aromatic carbocycles. The molecular formula is C24H27Cl2N5O4. The second-order valence-corrected chi connectivity index (χ2v) is 8.60. The number of carbonyl (C=O) groups excluding carboxylic acids is 3.